The number of aromatic nitrogens is 1. The smallest absolute Gasteiger partial charge is 0.191 e. The van der Waals surface area contributed by atoms with Gasteiger partial charge in [-0.05, 0) is 17.5 Å². The Bertz CT molecular complexity index is 693. The van der Waals surface area contributed by atoms with Crippen LogP contribution in [0.2, 0.25) is 0 Å². The lowest BCUT2D eigenvalue weighted by molar-refractivity contribution is 0.372. The third-order valence-corrected chi connectivity index (χ3v) is 4.58. The molecule has 0 fully saturated rings. The second-order valence-corrected chi connectivity index (χ2v) is 6.97. The van der Waals surface area contributed by atoms with Gasteiger partial charge in [-0.3, -0.25) is 4.99 Å². The SMILES string of the molecule is CN=C(NCCSCc1ccccc1F)NCc1cc(C(C)C)no1.I. The molecule has 5 nitrogen and oxygen atoms in total. The van der Waals surface area contributed by atoms with Crippen LogP contribution in [0.3, 0.4) is 0 Å². The average molecular weight is 492 g/mol. The molecule has 0 radical (unpaired) electrons. The molecule has 0 amide bonds. The maximum absolute atomic E-state index is 13.5. The molecule has 144 valence electrons. The summed E-state index contributed by atoms with van der Waals surface area (Å²) in [7, 11) is 1.72. The van der Waals surface area contributed by atoms with E-state index in [1.165, 1.54) is 6.07 Å². The van der Waals surface area contributed by atoms with Gasteiger partial charge in [-0.1, -0.05) is 37.2 Å². The van der Waals surface area contributed by atoms with E-state index in [1.807, 2.05) is 18.2 Å². The van der Waals surface area contributed by atoms with Gasteiger partial charge in [0, 0.05) is 31.2 Å². The average Bonchev–Trinajstić information content (AvgIpc) is 3.08. The van der Waals surface area contributed by atoms with Crippen molar-refractivity contribution in [1.82, 2.24) is 15.8 Å². The highest BCUT2D eigenvalue weighted by Gasteiger charge is 2.08. The van der Waals surface area contributed by atoms with E-state index in [4.69, 9.17) is 4.52 Å². The van der Waals surface area contributed by atoms with Crippen molar-refractivity contribution >= 4 is 41.7 Å². The summed E-state index contributed by atoms with van der Waals surface area (Å²) >= 11 is 1.68. The third-order valence-electron chi connectivity index (χ3n) is 3.58. The summed E-state index contributed by atoms with van der Waals surface area (Å²) in [6.45, 7) is 5.43. The van der Waals surface area contributed by atoms with Crippen LogP contribution in [0.1, 0.15) is 36.8 Å². The van der Waals surface area contributed by atoms with Crippen LogP contribution in [-0.2, 0) is 12.3 Å². The van der Waals surface area contributed by atoms with E-state index in [2.05, 4.69) is 34.6 Å². The highest BCUT2D eigenvalue weighted by molar-refractivity contribution is 14.0. The minimum absolute atomic E-state index is 0. The van der Waals surface area contributed by atoms with E-state index in [-0.39, 0.29) is 29.8 Å². The largest absolute Gasteiger partial charge is 0.359 e. The van der Waals surface area contributed by atoms with Crippen molar-refractivity contribution in [2.75, 3.05) is 19.3 Å². The zero-order chi connectivity index (χ0) is 18.1. The van der Waals surface area contributed by atoms with Crippen LogP contribution in [-0.4, -0.2) is 30.5 Å². The molecule has 1 aromatic carbocycles. The number of hydrogen-bond donors (Lipinski definition) is 2. The number of thioether (sulfide) groups is 1. The molecule has 0 spiro atoms. The van der Waals surface area contributed by atoms with Crippen molar-refractivity contribution < 1.29 is 8.91 Å². The third kappa shape index (κ3) is 7.53. The van der Waals surface area contributed by atoms with E-state index in [1.54, 1.807) is 24.9 Å². The van der Waals surface area contributed by atoms with E-state index >= 15 is 0 Å². The summed E-state index contributed by atoms with van der Waals surface area (Å²) in [5, 5.41) is 10.5. The number of nitrogens with zero attached hydrogens (tertiary/aromatic N) is 2. The molecule has 8 heteroatoms. The Kier molecular flexibility index (Phi) is 10.6. The van der Waals surface area contributed by atoms with Gasteiger partial charge in [0.1, 0.15) is 5.82 Å². The molecule has 0 aliphatic heterocycles. The maximum atomic E-state index is 13.5. The molecule has 2 N–H and O–H groups in total. The molecule has 2 rings (SSSR count). The number of halogens is 2. The van der Waals surface area contributed by atoms with E-state index in [9.17, 15) is 4.39 Å². The Labute approximate surface area is 175 Å². The maximum Gasteiger partial charge on any atom is 0.191 e. The number of aliphatic imine (C=N–C) groups is 1. The topological polar surface area (TPSA) is 62.5 Å². The summed E-state index contributed by atoms with van der Waals surface area (Å²) < 4.78 is 18.8. The van der Waals surface area contributed by atoms with Gasteiger partial charge in [0.2, 0.25) is 0 Å². The highest BCUT2D eigenvalue weighted by atomic mass is 127. The van der Waals surface area contributed by atoms with Crippen LogP contribution in [0.15, 0.2) is 39.8 Å². The van der Waals surface area contributed by atoms with Crippen molar-refractivity contribution in [3.63, 3.8) is 0 Å². The molecule has 0 unspecified atom stereocenters. The molecule has 0 aliphatic carbocycles. The number of hydrogen-bond acceptors (Lipinski definition) is 4. The summed E-state index contributed by atoms with van der Waals surface area (Å²) in [6, 6.07) is 8.83. The predicted molar refractivity (Wildman–Crippen MR) is 117 cm³/mol. The molecule has 1 aromatic heterocycles. The van der Waals surface area contributed by atoms with Gasteiger partial charge >= 0.3 is 0 Å². The molecule has 0 bridgehead atoms. The number of nitrogens with one attached hydrogen (secondary N) is 2. The molecule has 0 saturated carbocycles. The Morgan fingerprint density at radius 1 is 1.31 bits per heavy atom. The van der Waals surface area contributed by atoms with Gasteiger partial charge in [-0.15, -0.1) is 24.0 Å². The van der Waals surface area contributed by atoms with Crippen molar-refractivity contribution in [3.05, 3.63) is 53.2 Å². The van der Waals surface area contributed by atoms with Crippen LogP contribution >= 0.6 is 35.7 Å². The summed E-state index contributed by atoms with van der Waals surface area (Å²) in [5.41, 5.74) is 1.69. The number of rotatable bonds is 8. The van der Waals surface area contributed by atoms with Crippen molar-refractivity contribution in [2.45, 2.75) is 32.1 Å². The predicted octanol–water partition coefficient (Wildman–Crippen LogP) is 4.15. The van der Waals surface area contributed by atoms with Crippen LogP contribution in [0.5, 0.6) is 0 Å². The Morgan fingerprint density at radius 3 is 2.73 bits per heavy atom. The Hall–Kier alpha value is -1.29. The van der Waals surface area contributed by atoms with Crippen LogP contribution in [0.25, 0.3) is 0 Å². The summed E-state index contributed by atoms with van der Waals surface area (Å²) in [5.74, 6) is 3.20. The Morgan fingerprint density at radius 2 is 2.08 bits per heavy atom. The lowest BCUT2D eigenvalue weighted by Crippen LogP contribution is -2.37. The molecule has 0 aliphatic rings. The van der Waals surface area contributed by atoms with Crippen molar-refractivity contribution in [2.24, 2.45) is 4.99 Å². The minimum Gasteiger partial charge on any atom is -0.359 e. The first-order valence-corrected chi connectivity index (χ1v) is 9.46. The van der Waals surface area contributed by atoms with Crippen molar-refractivity contribution in [3.8, 4) is 0 Å². The van der Waals surface area contributed by atoms with E-state index in [0.717, 1.165) is 29.3 Å². The minimum atomic E-state index is -0.145. The molecular formula is C18H26FIN4OS. The fourth-order valence-corrected chi connectivity index (χ4v) is 2.96. The first kappa shape index (κ1) is 22.8. The number of guanidine groups is 1. The zero-order valence-electron chi connectivity index (χ0n) is 15.3. The summed E-state index contributed by atoms with van der Waals surface area (Å²) in [6.07, 6.45) is 0. The molecule has 0 atom stereocenters. The van der Waals surface area contributed by atoms with Gasteiger partial charge in [0.25, 0.3) is 0 Å². The van der Waals surface area contributed by atoms with Crippen molar-refractivity contribution in [1.29, 1.82) is 0 Å². The quantitative estimate of drug-likeness (QED) is 0.251. The molecule has 2 aromatic rings. The lowest BCUT2D eigenvalue weighted by Gasteiger charge is -2.10. The molecular weight excluding hydrogens is 466 g/mol. The standard InChI is InChI=1S/C18H25FN4OS.HI/c1-13(2)17-10-15(24-23-17)11-22-18(20-3)21-8-9-25-12-14-6-4-5-7-16(14)19;/h4-7,10,13H,8-9,11-12H2,1-3H3,(H2,20,21,22);1H. The first-order valence-electron chi connectivity index (χ1n) is 8.31. The highest BCUT2D eigenvalue weighted by Crippen LogP contribution is 2.15. The van der Waals surface area contributed by atoms with E-state index < -0.39 is 0 Å². The van der Waals surface area contributed by atoms with Crippen LogP contribution in [0.4, 0.5) is 4.39 Å². The summed E-state index contributed by atoms with van der Waals surface area (Å²) in [4.78, 5) is 4.18. The normalized spacial score (nSPS) is 11.3. The van der Waals surface area contributed by atoms with Crippen LogP contribution < -0.4 is 10.6 Å². The molecule has 26 heavy (non-hydrogen) atoms. The number of benzene rings is 1. The molecule has 0 saturated heterocycles. The Balaban J connectivity index is 0.00000338. The monoisotopic (exact) mass is 492 g/mol. The lowest BCUT2D eigenvalue weighted by atomic mass is 10.1. The first-order chi connectivity index (χ1) is 12.1. The van der Waals surface area contributed by atoms with Crippen LogP contribution in [0, 0.1) is 5.82 Å². The van der Waals surface area contributed by atoms with E-state index in [0.29, 0.717) is 24.2 Å². The van der Waals surface area contributed by atoms with Gasteiger partial charge in [-0.25, -0.2) is 4.39 Å². The second-order valence-electron chi connectivity index (χ2n) is 5.87. The van der Waals surface area contributed by atoms with Gasteiger partial charge in [0.15, 0.2) is 11.7 Å². The fraction of sp³-hybridized carbons (Fsp3) is 0.444. The van der Waals surface area contributed by atoms with Gasteiger partial charge in [0.05, 0.1) is 12.2 Å². The fourth-order valence-electron chi connectivity index (χ4n) is 2.11. The second kappa shape index (κ2) is 12.2. The zero-order valence-corrected chi connectivity index (χ0v) is 18.4. The van der Waals surface area contributed by atoms with Gasteiger partial charge < -0.3 is 15.2 Å². The van der Waals surface area contributed by atoms with Gasteiger partial charge in [-0.2, -0.15) is 11.8 Å². The molecule has 1 heterocycles.